The lowest BCUT2D eigenvalue weighted by Crippen LogP contribution is -2.44. The molecule has 1 aliphatic carbocycles. The van der Waals surface area contributed by atoms with Crippen LogP contribution in [0.3, 0.4) is 0 Å². The third kappa shape index (κ3) is 1.90. The molecule has 0 saturated heterocycles. The summed E-state index contributed by atoms with van der Waals surface area (Å²) in [5.41, 5.74) is 0.981. The first-order valence-electron chi connectivity index (χ1n) is 5.60. The fraction of sp³-hybridized carbons (Fsp3) is 0.583. The first kappa shape index (κ1) is 11.4. The van der Waals surface area contributed by atoms with Crippen molar-refractivity contribution in [1.29, 1.82) is 0 Å². The van der Waals surface area contributed by atoms with E-state index in [9.17, 15) is 5.11 Å². The number of hydrogen-bond acceptors (Lipinski definition) is 3. The predicted molar refractivity (Wildman–Crippen MR) is 63.8 cm³/mol. The topological polar surface area (TPSA) is 50.1 Å². The summed E-state index contributed by atoms with van der Waals surface area (Å²) in [6, 6.07) is 0.272. The fourth-order valence-electron chi connectivity index (χ4n) is 2.38. The highest BCUT2D eigenvalue weighted by Gasteiger charge is 2.35. The molecule has 2 unspecified atom stereocenters. The molecule has 4 nitrogen and oxygen atoms in total. The van der Waals surface area contributed by atoms with Gasteiger partial charge < -0.3 is 15.0 Å². The quantitative estimate of drug-likeness (QED) is 0.786. The van der Waals surface area contributed by atoms with Crippen LogP contribution in [0.2, 0.25) is 0 Å². The number of rotatable bonds is 2. The number of nitrogens with one attached hydrogen (secondary N) is 1. The van der Waals surface area contributed by atoms with Crippen molar-refractivity contribution >= 4 is 5.70 Å². The SMILES string of the molecule is CNC1C=C(n2ccnc2)C(O)CC1(C)C. The van der Waals surface area contributed by atoms with Gasteiger partial charge in [-0.2, -0.15) is 0 Å². The molecule has 2 atom stereocenters. The van der Waals surface area contributed by atoms with Crippen molar-refractivity contribution in [3.8, 4) is 0 Å². The van der Waals surface area contributed by atoms with Gasteiger partial charge in [0.2, 0.25) is 0 Å². The van der Waals surface area contributed by atoms with Gasteiger partial charge in [0, 0.05) is 24.1 Å². The molecule has 0 bridgehead atoms. The van der Waals surface area contributed by atoms with Crippen molar-refractivity contribution in [3.05, 3.63) is 24.8 Å². The molecule has 1 aromatic rings. The molecule has 0 aromatic carbocycles. The molecule has 2 N–H and O–H groups in total. The third-order valence-electron chi connectivity index (χ3n) is 3.35. The first-order valence-corrected chi connectivity index (χ1v) is 5.60. The molecule has 1 aromatic heterocycles. The summed E-state index contributed by atoms with van der Waals surface area (Å²) < 4.78 is 1.88. The van der Waals surface area contributed by atoms with Gasteiger partial charge in [-0.3, -0.25) is 0 Å². The monoisotopic (exact) mass is 221 g/mol. The van der Waals surface area contributed by atoms with Gasteiger partial charge in [-0.05, 0) is 25.0 Å². The Morgan fingerprint density at radius 2 is 2.31 bits per heavy atom. The first-order chi connectivity index (χ1) is 7.54. The fourth-order valence-corrected chi connectivity index (χ4v) is 2.38. The largest absolute Gasteiger partial charge is 0.387 e. The van der Waals surface area contributed by atoms with E-state index in [1.807, 2.05) is 17.8 Å². The van der Waals surface area contributed by atoms with E-state index >= 15 is 0 Å². The van der Waals surface area contributed by atoms with Gasteiger partial charge in [0.25, 0.3) is 0 Å². The van der Waals surface area contributed by atoms with Crippen LogP contribution in [0.25, 0.3) is 5.70 Å². The van der Waals surface area contributed by atoms with Gasteiger partial charge >= 0.3 is 0 Å². The van der Waals surface area contributed by atoms with Crippen molar-refractivity contribution < 1.29 is 5.11 Å². The summed E-state index contributed by atoms with van der Waals surface area (Å²) in [6.07, 6.45) is 7.73. The van der Waals surface area contributed by atoms with Crippen molar-refractivity contribution in [2.75, 3.05) is 7.05 Å². The lowest BCUT2D eigenvalue weighted by molar-refractivity contribution is 0.127. The molecule has 16 heavy (non-hydrogen) atoms. The number of aliphatic hydroxyl groups is 1. The Morgan fingerprint density at radius 1 is 1.56 bits per heavy atom. The van der Waals surface area contributed by atoms with Crippen LogP contribution < -0.4 is 5.32 Å². The van der Waals surface area contributed by atoms with E-state index < -0.39 is 6.10 Å². The Balaban J connectivity index is 2.35. The van der Waals surface area contributed by atoms with E-state index in [2.05, 4.69) is 30.2 Å². The van der Waals surface area contributed by atoms with E-state index in [1.165, 1.54) is 0 Å². The molecule has 0 aliphatic heterocycles. The summed E-state index contributed by atoms with van der Waals surface area (Å²) in [5.74, 6) is 0. The number of hydrogen-bond donors (Lipinski definition) is 2. The minimum atomic E-state index is -0.422. The number of likely N-dealkylation sites (N-methyl/N-ethyl adjacent to an activating group) is 1. The van der Waals surface area contributed by atoms with Gasteiger partial charge in [-0.1, -0.05) is 13.8 Å². The van der Waals surface area contributed by atoms with Crippen molar-refractivity contribution in [2.45, 2.75) is 32.4 Å². The van der Waals surface area contributed by atoms with Gasteiger partial charge in [0.1, 0.15) is 0 Å². The van der Waals surface area contributed by atoms with Crippen molar-refractivity contribution in [2.24, 2.45) is 5.41 Å². The van der Waals surface area contributed by atoms with Gasteiger partial charge in [-0.15, -0.1) is 0 Å². The van der Waals surface area contributed by atoms with Crippen molar-refractivity contribution in [3.63, 3.8) is 0 Å². The second-order valence-electron chi connectivity index (χ2n) is 5.04. The Morgan fingerprint density at radius 3 is 2.88 bits per heavy atom. The summed E-state index contributed by atoms with van der Waals surface area (Å²) >= 11 is 0. The van der Waals surface area contributed by atoms with Gasteiger partial charge in [-0.25, -0.2) is 4.98 Å². The van der Waals surface area contributed by atoms with E-state index in [4.69, 9.17) is 0 Å². The Bertz CT molecular complexity index is 381. The molecular formula is C12H19N3O. The lowest BCUT2D eigenvalue weighted by Gasteiger charge is -2.39. The maximum absolute atomic E-state index is 10.1. The number of aromatic nitrogens is 2. The average molecular weight is 221 g/mol. The normalized spacial score (nSPS) is 28.9. The minimum Gasteiger partial charge on any atom is -0.387 e. The average Bonchev–Trinajstić information content (AvgIpc) is 2.69. The van der Waals surface area contributed by atoms with E-state index in [0.29, 0.717) is 0 Å². The third-order valence-corrected chi connectivity index (χ3v) is 3.35. The molecule has 88 valence electrons. The second-order valence-corrected chi connectivity index (χ2v) is 5.04. The molecule has 0 fully saturated rings. The van der Waals surface area contributed by atoms with E-state index in [1.54, 1.807) is 12.5 Å². The number of imidazole rings is 1. The van der Waals surface area contributed by atoms with E-state index in [-0.39, 0.29) is 11.5 Å². The maximum atomic E-state index is 10.1. The van der Waals surface area contributed by atoms with Crippen LogP contribution in [0.4, 0.5) is 0 Å². The summed E-state index contributed by atoms with van der Waals surface area (Å²) in [6.45, 7) is 4.33. The predicted octanol–water partition coefficient (Wildman–Crippen LogP) is 1.10. The lowest BCUT2D eigenvalue weighted by atomic mass is 9.74. The summed E-state index contributed by atoms with van der Waals surface area (Å²) in [7, 11) is 1.95. The zero-order valence-electron chi connectivity index (χ0n) is 10.0. The highest BCUT2D eigenvalue weighted by molar-refractivity contribution is 5.53. The molecule has 4 heteroatoms. The number of aliphatic hydroxyl groups excluding tert-OH is 1. The highest BCUT2D eigenvalue weighted by Crippen LogP contribution is 2.36. The maximum Gasteiger partial charge on any atom is 0.0989 e. The van der Waals surface area contributed by atoms with Crippen LogP contribution in [0.1, 0.15) is 20.3 Å². The zero-order chi connectivity index (χ0) is 11.8. The van der Waals surface area contributed by atoms with Crippen LogP contribution >= 0.6 is 0 Å². The van der Waals surface area contributed by atoms with E-state index in [0.717, 1.165) is 12.1 Å². The molecule has 0 amide bonds. The van der Waals surface area contributed by atoms with Crippen LogP contribution in [-0.4, -0.2) is 33.9 Å². The van der Waals surface area contributed by atoms with Crippen LogP contribution in [0, 0.1) is 5.41 Å². The Labute approximate surface area is 96.0 Å². The Kier molecular flexibility index (Phi) is 2.86. The zero-order valence-corrected chi connectivity index (χ0v) is 10.0. The van der Waals surface area contributed by atoms with Crippen molar-refractivity contribution in [1.82, 2.24) is 14.9 Å². The Hall–Kier alpha value is -1.13. The molecule has 0 saturated carbocycles. The molecule has 0 spiro atoms. The summed E-state index contributed by atoms with van der Waals surface area (Å²) in [4.78, 5) is 4.01. The standard InChI is InChI=1S/C12H19N3O/c1-12(2)7-10(16)9(6-11(12)13-3)15-5-4-14-8-15/h4-6,8,10-11,13,16H,7H2,1-3H3. The molecule has 1 aliphatic rings. The molecule has 0 radical (unpaired) electrons. The molecule has 2 rings (SSSR count). The van der Waals surface area contributed by atoms with Gasteiger partial charge in [0.15, 0.2) is 0 Å². The van der Waals surface area contributed by atoms with Gasteiger partial charge in [0.05, 0.1) is 12.4 Å². The van der Waals surface area contributed by atoms with Crippen LogP contribution in [-0.2, 0) is 0 Å². The van der Waals surface area contributed by atoms with Crippen LogP contribution in [0.15, 0.2) is 24.8 Å². The highest BCUT2D eigenvalue weighted by atomic mass is 16.3. The molecular weight excluding hydrogens is 202 g/mol. The molecule has 1 heterocycles. The second kappa shape index (κ2) is 4.03. The van der Waals surface area contributed by atoms with Crippen LogP contribution in [0.5, 0.6) is 0 Å². The smallest absolute Gasteiger partial charge is 0.0989 e. The minimum absolute atomic E-state index is 0.0677. The summed E-state index contributed by atoms with van der Waals surface area (Å²) in [5, 5.41) is 13.4. The number of nitrogens with zero attached hydrogens (tertiary/aromatic N) is 2.